The molecule has 0 unspecified atom stereocenters. The van der Waals surface area contributed by atoms with Crippen LogP contribution in [-0.2, 0) is 16.6 Å². The van der Waals surface area contributed by atoms with Crippen molar-refractivity contribution in [3.8, 4) is 0 Å². The van der Waals surface area contributed by atoms with Gasteiger partial charge in [0.15, 0.2) is 0 Å². The van der Waals surface area contributed by atoms with Gasteiger partial charge in [0.2, 0.25) is 0 Å². The zero-order chi connectivity index (χ0) is 15.6. The maximum atomic E-state index is 12.5. The number of halogens is 1. The van der Waals surface area contributed by atoms with Crippen LogP contribution in [0.2, 0.25) is 0 Å². The molecule has 0 atom stereocenters. The number of aliphatic hydroxyl groups is 1. The number of rotatable bonds is 4. The standard InChI is InChI=1S/C14H15BrN2O3S/c1-9-3-12(7-16-6-9)17-21(19,20)14-5-11(8-18)4-13(15)10(14)2/h3-7,17-18H,8H2,1-2H3. The minimum atomic E-state index is -3.75. The predicted octanol–water partition coefficient (Wildman–Crippen LogP) is 2.75. The summed E-state index contributed by atoms with van der Waals surface area (Å²) in [5, 5.41) is 9.22. The molecule has 0 fully saturated rings. The van der Waals surface area contributed by atoms with E-state index in [0.717, 1.165) is 5.56 Å². The second kappa shape index (κ2) is 6.13. The summed E-state index contributed by atoms with van der Waals surface area (Å²) in [6.45, 7) is 3.31. The fourth-order valence-corrected chi connectivity index (χ4v) is 3.89. The summed E-state index contributed by atoms with van der Waals surface area (Å²) in [7, 11) is -3.75. The minimum absolute atomic E-state index is 0.127. The maximum absolute atomic E-state index is 12.5. The van der Waals surface area contributed by atoms with Crippen LogP contribution in [0.15, 0.2) is 40.0 Å². The van der Waals surface area contributed by atoms with Gasteiger partial charge >= 0.3 is 0 Å². The van der Waals surface area contributed by atoms with E-state index in [0.29, 0.717) is 21.3 Å². The van der Waals surface area contributed by atoms with Gasteiger partial charge in [-0.2, -0.15) is 0 Å². The van der Waals surface area contributed by atoms with Gasteiger partial charge in [-0.1, -0.05) is 15.9 Å². The second-order valence-corrected chi connectivity index (χ2v) is 7.22. The van der Waals surface area contributed by atoms with E-state index in [1.54, 1.807) is 25.3 Å². The molecule has 2 N–H and O–H groups in total. The lowest BCUT2D eigenvalue weighted by molar-refractivity contribution is 0.281. The lowest BCUT2D eigenvalue weighted by atomic mass is 10.2. The first-order valence-corrected chi connectivity index (χ1v) is 8.45. The second-order valence-electron chi connectivity index (χ2n) is 4.72. The van der Waals surface area contributed by atoms with Crippen LogP contribution >= 0.6 is 15.9 Å². The molecule has 0 aliphatic heterocycles. The molecule has 1 heterocycles. The number of pyridine rings is 1. The third-order valence-corrected chi connectivity index (χ3v) is 5.29. The molecular weight excluding hydrogens is 356 g/mol. The fraction of sp³-hybridized carbons (Fsp3) is 0.214. The minimum Gasteiger partial charge on any atom is -0.392 e. The largest absolute Gasteiger partial charge is 0.392 e. The Morgan fingerprint density at radius 3 is 2.57 bits per heavy atom. The fourth-order valence-electron chi connectivity index (χ4n) is 1.90. The zero-order valence-electron chi connectivity index (χ0n) is 11.6. The van der Waals surface area contributed by atoms with E-state index < -0.39 is 10.0 Å². The number of anilines is 1. The monoisotopic (exact) mass is 370 g/mol. The lowest BCUT2D eigenvalue weighted by Gasteiger charge is -2.13. The van der Waals surface area contributed by atoms with Crippen molar-refractivity contribution in [1.82, 2.24) is 4.98 Å². The number of sulfonamides is 1. The maximum Gasteiger partial charge on any atom is 0.262 e. The number of aryl methyl sites for hydroxylation is 1. The normalized spacial score (nSPS) is 11.4. The summed E-state index contributed by atoms with van der Waals surface area (Å²) < 4.78 is 28.2. The SMILES string of the molecule is Cc1cncc(NS(=O)(=O)c2cc(CO)cc(Br)c2C)c1. The van der Waals surface area contributed by atoms with Crippen molar-refractivity contribution in [2.75, 3.05) is 4.72 Å². The van der Waals surface area contributed by atoms with Crippen molar-refractivity contribution < 1.29 is 13.5 Å². The van der Waals surface area contributed by atoms with Crippen molar-refractivity contribution in [2.45, 2.75) is 25.3 Å². The van der Waals surface area contributed by atoms with Crippen LogP contribution in [0.25, 0.3) is 0 Å². The summed E-state index contributed by atoms with van der Waals surface area (Å²) in [6.07, 6.45) is 3.09. The average molecular weight is 371 g/mol. The van der Waals surface area contributed by atoms with Crippen LogP contribution in [0.5, 0.6) is 0 Å². The number of aromatic nitrogens is 1. The van der Waals surface area contributed by atoms with Crippen LogP contribution in [-0.4, -0.2) is 18.5 Å². The highest BCUT2D eigenvalue weighted by atomic mass is 79.9. The third kappa shape index (κ3) is 3.61. The molecule has 0 radical (unpaired) electrons. The van der Waals surface area contributed by atoms with Gasteiger partial charge in [-0.25, -0.2) is 8.42 Å². The first-order valence-electron chi connectivity index (χ1n) is 6.18. The smallest absolute Gasteiger partial charge is 0.262 e. The predicted molar refractivity (Wildman–Crippen MR) is 84.6 cm³/mol. The van der Waals surface area contributed by atoms with Crippen molar-refractivity contribution in [3.05, 3.63) is 51.8 Å². The molecule has 0 aliphatic rings. The van der Waals surface area contributed by atoms with Gasteiger partial charge in [-0.05, 0) is 48.7 Å². The lowest BCUT2D eigenvalue weighted by Crippen LogP contribution is -2.15. The molecule has 21 heavy (non-hydrogen) atoms. The number of hydrogen-bond acceptors (Lipinski definition) is 4. The zero-order valence-corrected chi connectivity index (χ0v) is 14.0. The Morgan fingerprint density at radius 2 is 1.95 bits per heavy atom. The number of nitrogens with zero attached hydrogens (tertiary/aromatic N) is 1. The highest BCUT2D eigenvalue weighted by Crippen LogP contribution is 2.27. The van der Waals surface area contributed by atoms with Gasteiger partial charge < -0.3 is 5.11 Å². The Morgan fingerprint density at radius 1 is 1.24 bits per heavy atom. The summed E-state index contributed by atoms with van der Waals surface area (Å²) >= 11 is 3.31. The Labute approximate surface area is 132 Å². The van der Waals surface area contributed by atoms with Crippen molar-refractivity contribution >= 4 is 31.6 Å². The number of nitrogens with one attached hydrogen (secondary N) is 1. The van der Waals surface area contributed by atoms with E-state index >= 15 is 0 Å². The summed E-state index contributed by atoms with van der Waals surface area (Å²) in [5.41, 5.74) is 2.37. The van der Waals surface area contributed by atoms with Gasteiger partial charge in [0, 0.05) is 10.7 Å². The Hall–Kier alpha value is -1.44. The van der Waals surface area contributed by atoms with Gasteiger partial charge in [0.05, 0.1) is 23.4 Å². The van der Waals surface area contributed by atoms with E-state index in [-0.39, 0.29) is 11.5 Å². The van der Waals surface area contributed by atoms with Crippen LogP contribution in [0, 0.1) is 13.8 Å². The molecule has 5 nitrogen and oxygen atoms in total. The quantitative estimate of drug-likeness (QED) is 0.866. The third-order valence-electron chi connectivity index (χ3n) is 2.96. The van der Waals surface area contributed by atoms with Crippen LogP contribution in [0.4, 0.5) is 5.69 Å². The molecular formula is C14H15BrN2O3S. The molecule has 112 valence electrons. The van der Waals surface area contributed by atoms with Gasteiger partial charge in [-0.3, -0.25) is 9.71 Å². The molecule has 2 aromatic rings. The van der Waals surface area contributed by atoms with E-state index in [1.165, 1.54) is 12.3 Å². The highest BCUT2D eigenvalue weighted by molar-refractivity contribution is 9.10. The molecule has 1 aromatic heterocycles. The molecule has 0 saturated carbocycles. The van der Waals surface area contributed by atoms with Crippen LogP contribution in [0.3, 0.4) is 0 Å². The summed E-state index contributed by atoms with van der Waals surface area (Å²) in [6, 6.07) is 4.86. The van der Waals surface area contributed by atoms with Gasteiger partial charge in [0.25, 0.3) is 10.0 Å². The molecule has 0 spiro atoms. The summed E-state index contributed by atoms with van der Waals surface area (Å²) in [5.74, 6) is 0. The average Bonchev–Trinajstić information content (AvgIpc) is 2.41. The topological polar surface area (TPSA) is 79.3 Å². The first-order chi connectivity index (χ1) is 9.83. The van der Waals surface area contributed by atoms with Crippen molar-refractivity contribution in [2.24, 2.45) is 0 Å². The Kier molecular flexibility index (Phi) is 4.65. The number of hydrogen-bond donors (Lipinski definition) is 2. The molecule has 0 aliphatic carbocycles. The number of benzene rings is 1. The molecule has 7 heteroatoms. The molecule has 0 amide bonds. The van der Waals surface area contributed by atoms with Crippen LogP contribution < -0.4 is 4.72 Å². The summed E-state index contributed by atoms with van der Waals surface area (Å²) in [4.78, 5) is 4.09. The molecule has 1 aromatic carbocycles. The van der Waals surface area contributed by atoms with E-state index in [1.807, 2.05) is 6.92 Å². The van der Waals surface area contributed by atoms with Crippen LogP contribution in [0.1, 0.15) is 16.7 Å². The first kappa shape index (κ1) is 15.9. The molecule has 2 rings (SSSR count). The van der Waals surface area contributed by atoms with Gasteiger partial charge in [-0.15, -0.1) is 0 Å². The Balaban J connectivity index is 2.47. The molecule has 0 bridgehead atoms. The van der Waals surface area contributed by atoms with Crippen molar-refractivity contribution in [1.29, 1.82) is 0 Å². The van der Waals surface area contributed by atoms with Gasteiger partial charge in [0.1, 0.15) is 0 Å². The molecule has 0 saturated heterocycles. The van der Waals surface area contributed by atoms with E-state index in [2.05, 4.69) is 25.6 Å². The van der Waals surface area contributed by atoms with E-state index in [4.69, 9.17) is 0 Å². The Bertz CT molecular complexity index is 776. The number of aliphatic hydroxyl groups excluding tert-OH is 1. The highest BCUT2D eigenvalue weighted by Gasteiger charge is 2.19. The van der Waals surface area contributed by atoms with Crippen molar-refractivity contribution in [3.63, 3.8) is 0 Å². The van der Waals surface area contributed by atoms with E-state index in [9.17, 15) is 13.5 Å².